The fraction of sp³-hybridized carbons (Fsp3) is 0.316. The molecule has 146 valence electrons. The molecule has 0 aliphatic carbocycles. The van der Waals surface area contributed by atoms with Gasteiger partial charge in [0.1, 0.15) is 13.2 Å². The molecule has 7 nitrogen and oxygen atoms in total. The quantitative estimate of drug-likeness (QED) is 0.545. The molecule has 2 aliphatic rings. The van der Waals surface area contributed by atoms with E-state index >= 15 is 0 Å². The van der Waals surface area contributed by atoms with Gasteiger partial charge in [-0.25, -0.2) is 0 Å². The minimum Gasteiger partial charge on any atom is -0.486 e. The number of thiophene rings is 1. The summed E-state index contributed by atoms with van der Waals surface area (Å²) in [4.78, 5) is 38.7. The van der Waals surface area contributed by atoms with Crippen molar-refractivity contribution in [2.45, 2.75) is 6.42 Å². The third-order valence-corrected chi connectivity index (χ3v) is 5.76. The number of amides is 1. The molecule has 0 radical (unpaired) electrons. The van der Waals surface area contributed by atoms with Crippen LogP contribution in [0.2, 0.25) is 4.34 Å². The second-order valence-corrected chi connectivity index (χ2v) is 8.08. The highest BCUT2D eigenvalue weighted by atomic mass is 35.5. The first-order chi connectivity index (χ1) is 13.5. The molecule has 4 rings (SSSR count). The molecule has 3 heterocycles. The summed E-state index contributed by atoms with van der Waals surface area (Å²) in [6, 6.07) is 8.43. The number of hydrogen-bond acceptors (Lipinski definition) is 7. The molecule has 28 heavy (non-hydrogen) atoms. The second kappa shape index (κ2) is 7.81. The van der Waals surface area contributed by atoms with Crippen molar-refractivity contribution in [3.05, 3.63) is 39.5 Å². The Labute approximate surface area is 169 Å². The monoisotopic (exact) mass is 421 g/mol. The average molecular weight is 422 g/mol. The molecule has 2 aromatic rings. The summed E-state index contributed by atoms with van der Waals surface area (Å²) in [6.07, 6.45) is 0.0340. The first-order valence-corrected chi connectivity index (χ1v) is 9.86. The van der Waals surface area contributed by atoms with E-state index in [2.05, 4.69) is 0 Å². The minimum absolute atomic E-state index is 0.0340. The Morgan fingerprint density at radius 3 is 2.71 bits per heavy atom. The highest BCUT2D eigenvalue weighted by Gasteiger charge is 2.37. The molecule has 0 unspecified atom stereocenters. The molecule has 0 saturated carbocycles. The van der Waals surface area contributed by atoms with E-state index in [-0.39, 0.29) is 31.3 Å². The third-order valence-electron chi connectivity index (χ3n) is 4.49. The topological polar surface area (TPSA) is 82.1 Å². The molecule has 0 N–H and O–H groups in total. The zero-order valence-electron chi connectivity index (χ0n) is 14.7. The Morgan fingerprint density at radius 1 is 1.18 bits per heavy atom. The van der Waals surface area contributed by atoms with E-state index in [1.54, 1.807) is 30.3 Å². The van der Waals surface area contributed by atoms with Crippen molar-refractivity contribution in [3.63, 3.8) is 0 Å². The largest absolute Gasteiger partial charge is 0.486 e. The van der Waals surface area contributed by atoms with Crippen molar-refractivity contribution in [3.8, 4) is 11.5 Å². The second-order valence-electron chi connectivity index (χ2n) is 6.37. The van der Waals surface area contributed by atoms with Gasteiger partial charge in [-0.2, -0.15) is 0 Å². The standard InChI is InChI=1S/C19H16ClNO6S/c20-17-4-3-16(28-17)13(22)10-27-19(24)11-7-18(23)21(9-11)12-1-2-14-15(8-12)26-6-5-25-14/h1-4,8,11H,5-7,9-10H2/t11-/m0/s1. The zero-order chi connectivity index (χ0) is 19.7. The lowest BCUT2D eigenvalue weighted by atomic mass is 10.1. The lowest BCUT2D eigenvalue weighted by Gasteiger charge is -2.22. The summed E-state index contributed by atoms with van der Waals surface area (Å²) in [7, 11) is 0. The van der Waals surface area contributed by atoms with Crippen LogP contribution in [0.25, 0.3) is 0 Å². The molecule has 1 saturated heterocycles. The summed E-state index contributed by atoms with van der Waals surface area (Å²) in [5.74, 6) is -0.495. The summed E-state index contributed by atoms with van der Waals surface area (Å²) >= 11 is 6.93. The summed E-state index contributed by atoms with van der Waals surface area (Å²) in [5.41, 5.74) is 0.633. The number of rotatable bonds is 5. The molecule has 1 aromatic carbocycles. The van der Waals surface area contributed by atoms with Crippen molar-refractivity contribution in [2.24, 2.45) is 5.92 Å². The normalized spacial score (nSPS) is 18.2. The summed E-state index contributed by atoms with van der Waals surface area (Å²) < 4.78 is 16.6. The summed E-state index contributed by atoms with van der Waals surface area (Å²) in [6.45, 7) is 0.753. The van der Waals surface area contributed by atoms with Gasteiger partial charge in [0.2, 0.25) is 11.7 Å². The Kier molecular flexibility index (Phi) is 5.23. The first kappa shape index (κ1) is 18.8. The van der Waals surface area contributed by atoms with Gasteiger partial charge < -0.3 is 19.1 Å². The van der Waals surface area contributed by atoms with E-state index in [9.17, 15) is 14.4 Å². The van der Waals surface area contributed by atoms with E-state index in [1.807, 2.05) is 0 Å². The average Bonchev–Trinajstić information content (AvgIpc) is 3.31. The number of nitrogens with zero attached hydrogens (tertiary/aromatic N) is 1. The number of hydrogen-bond donors (Lipinski definition) is 0. The van der Waals surface area contributed by atoms with E-state index in [1.165, 1.54) is 4.90 Å². The van der Waals surface area contributed by atoms with Crippen molar-refractivity contribution >= 4 is 46.3 Å². The third kappa shape index (κ3) is 3.83. The highest BCUT2D eigenvalue weighted by Crippen LogP contribution is 2.36. The van der Waals surface area contributed by atoms with E-state index in [0.29, 0.717) is 39.6 Å². The molecule has 9 heteroatoms. The van der Waals surface area contributed by atoms with E-state index in [0.717, 1.165) is 11.3 Å². The van der Waals surface area contributed by atoms with Crippen LogP contribution in [0.5, 0.6) is 11.5 Å². The molecule has 0 spiro atoms. The van der Waals surface area contributed by atoms with Crippen LogP contribution in [0.1, 0.15) is 16.1 Å². The van der Waals surface area contributed by atoms with Crippen LogP contribution in [0.4, 0.5) is 5.69 Å². The number of anilines is 1. The number of ether oxygens (including phenoxy) is 3. The van der Waals surface area contributed by atoms with Crippen LogP contribution in [0.3, 0.4) is 0 Å². The number of esters is 1. The highest BCUT2D eigenvalue weighted by molar-refractivity contribution is 7.18. The Balaban J connectivity index is 1.37. The van der Waals surface area contributed by atoms with Gasteiger partial charge in [0, 0.05) is 24.7 Å². The number of benzene rings is 1. The smallest absolute Gasteiger partial charge is 0.311 e. The van der Waals surface area contributed by atoms with Crippen LogP contribution in [0, 0.1) is 5.92 Å². The van der Waals surface area contributed by atoms with Gasteiger partial charge >= 0.3 is 5.97 Å². The lowest BCUT2D eigenvalue weighted by Crippen LogP contribution is -2.27. The van der Waals surface area contributed by atoms with Crippen LogP contribution in [-0.2, 0) is 14.3 Å². The number of carbonyl (C=O) groups is 3. The Bertz CT molecular complexity index is 942. The van der Waals surface area contributed by atoms with Crippen molar-refractivity contribution in [1.82, 2.24) is 0 Å². The number of carbonyl (C=O) groups excluding carboxylic acids is 3. The Hall–Kier alpha value is -2.58. The molecule has 1 amide bonds. The van der Waals surface area contributed by atoms with Crippen LogP contribution < -0.4 is 14.4 Å². The maximum atomic E-state index is 12.4. The van der Waals surface area contributed by atoms with Crippen LogP contribution >= 0.6 is 22.9 Å². The van der Waals surface area contributed by atoms with Gasteiger partial charge in [0.15, 0.2) is 18.1 Å². The van der Waals surface area contributed by atoms with Gasteiger partial charge in [-0.15, -0.1) is 11.3 Å². The zero-order valence-corrected chi connectivity index (χ0v) is 16.3. The predicted molar refractivity (Wildman–Crippen MR) is 103 cm³/mol. The fourth-order valence-corrected chi connectivity index (χ4v) is 4.07. The summed E-state index contributed by atoms with van der Waals surface area (Å²) in [5, 5.41) is 0. The van der Waals surface area contributed by atoms with Crippen molar-refractivity contribution in [2.75, 3.05) is 31.3 Å². The maximum Gasteiger partial charge on any atom is 0.311 e. The number of ketones is 1. The fourth-order valence-electron chi connectivity index (χ4n) is 3.10. The van der Waals surface area contributed by atoms with Gasteiger partial charge in [-0.1, -0.05) is 11.6 Å². The number of Topliss-reactive ketones (excluding diaryl/α,β-unsaturated/α-hetero) is 1. The number of fused-ring (bicyclic) bond motifs is 1. The Morgan fingerprint density at radius 2 is 1.96 bits per heavy atom. The van der Waals surface area contributed by atoms with Crippen LogP contribution in [-0.4, -0.2) is 44.0 Å². The van der Waals surface area contributed by atoms with Gasteiger partial charge in [-0.05, 0) is 24.3 Å². The molecule has 0 bridgehead atoms. The van der Waals surface area contributed by atoms with Gasteiger partial charge in [0.05, 0.1) is 15.1 Å². The molecular formula is C19H16ClNO6S. The van der Waals surface area contributed by atoms with Gasteiger partial charge in [-0.3, -0.25) is 14.4 Å². The van der Waals surface area contributed by atoms with E-state index in [4.69, 9.17) is 25.8 Å². The predicted octanol–water partition coefficient (Wildman–Crippen LogP) is 2.95. The van der Waals surface area contributed by atoms with Crippen molar-refractivity contribution in [1.29, 1.82) is 0 Å². The lowest BCUT2D eigenvalue weighted by molar-refractivity contribution is -0.147. The van der Waals surface area contributed by atoms with Gasteiger partial charge in [0.25, 0.3) is 0 Å². The van der Waals surface area contributed by atoms with Crippen molar-refractivity contribution < 1.29 is 28.6 Å². The molecule has 1 atom stereocenters. The minimum atomic E-state index is -0.625. The number of halogens is 1. The molecule has 1 aromatic heterocycles. The van der Waals surface area contributed by atoms with Crippen LogP contribution in [0.15, 0.2) is 30.3 Å². The van der Waals surface area contributed by atoms with E-state index < -0.39 is 11.9 Å². The molecule has 1 fully saturated rings. The SMILES string of the molecule is O=C(COC(=O)[C@H]1CC(=O)N(c2ccc3c(c2)OCCO3)C1)c1ccc(Cl)s1. The molecular weight excluding hydrogens is 406 g/mol. The first-order valence-electron chi connectivity index (χ1n) is 8.66. The maximum absolute atomic E-state index is 12.4. The molecule has 2 aliphatic heterocycles.